The molecule has 0 saturated carbocycles. The zero-order valence-electron chi connectivity index (χ0n) is 1.49. The summed E-state index contributed by atoms with van der Waals surface area (Å²) < 4.78 is 0. The summed E-state index contributed by atoms with van der Waals surface area (Å²) in [6, 6.07) is 0. The largest absolute Gasteiger partial charge is 0 e. The molecule has 0 aliphatic carbocycles. The minimum Gasteiger partial charge on any atom is 0 e. The van der Waals surface area contributed by atoms with Crippen LogP contribution in [0.4, 0.5) is 0 Å². The van der Waals surface area contributed by atoms with Crippen LogP contribution in [0.1, 0.15) is 0 Å². The zero-order valence-corrected chi connectivity index (χ0v) is 6.89. The van der Waals surface area contributed by atoms with Crippen LogP contribution >= 0.6 is 0 Å². The van der Waals surface area contributed by atoms with E-state index in [0.717, 1.165) is 0 Å². The van der Waals surface area contributed by atoms with Crippen LogP contribution in [0.25, 0.3) is 0 Å². The number of hydrogen-bond acceptors (Lipinski definition) is 0. The first-order valence-corrected chi connectivity index (χ1v) is 3.52. The van der Waals surface area contributed by atoms with Crippen molar-refractivity contribution >= 4 is 0 Å². The van der Waals surface area contributed by atoms with Crippen LogP contribution in [0.5, 0.6) is 0 Å². The third-order valence-electron chi connectivity index (χ3n) is 0. The Bertz CT molecular complexity index is 6.00. The number of rotatable bonds is 0. The molecular formula is Fe2MnMo. The first-order chi connectivity index (χ1) is 1.00. The maximum absolute atomic E-state index is 3.26. The van der Waals surface area contributed by atoms with Crippen molar-refractivity contribution in [3.8, 4) is 0 Å². The van der Waals surface area contributed by atoms with Crippen molar-refractivity contribution in [2.75, 3.05) is 0 Å². The average Bonchev–Trinajstić information content (AvgIpc) is 1.00. The van der Waals surface area contributed by atoms with Gasteiger partial charge in [-0.15, -0.1) is 0 Å². The van der Waals surface area contributed by atoms with Gasteiger partial charge in [0, 0.05) is 34.1 Å². The standard InChI is InChI=1S/2Fe.Mn.Mo. The summed E-state index contributed by atoms with van der Waals surface area (Å²) in [7, 11) is 0. The molecule has 0 saturated heterocycles. The minimum absolute atomic E-state index is 0. The summed E-state index contributed by atoms with van der Waals surface area (Å²) in [4.78, 5) is 0. The SMILES string of the molecule is [Fe].[Fe][Mo].[Mn]. The molecular weight excluding hydrogens is 263 g/mol. The van der Waals surface area contributed by atoms with Gasteiger partial charge in [-0.05, 0) is 0 Å². The molecule has 0 aliphatic rings. The van der Waals surface area contributed by atoms with Crippen LogP contribution in [0.15, 0.2) is 0 Å². The van der Waals surface area contributed by atoms with Crippen molar-refractivity contribution in [2.45, 2.75) is 0 Å². The Hall–Kier alpha value is 2.25. The average molecular weight is 263 g/mol. The molecule has 0 aliphatic heterocycles. The summed E-state index contributed by atoms with van der Waals surface area (Å²) in [6.07, 6.45) is 0. The predicted molar refractivity (Wildman–Crippen MR) is 0 cm³/mol. The van der Waals surface area contributed by atoms with Crippen LogP contribution < -0.4 is 0 Å². The van der Waals surface area contributed by atoms with E-state index in [9.17, 15) is 0 Å². The Morgan fingerprint density at radius 2 is 1.25 bits per heavy atom. The van der Waals surface area contributed by atoms with Crippen molar-refractivity contribution in [3.63, 3.8) is 0 Å². The second-order valence-electron chi connectivity index (χ2n) is 0. The molecule has 0 amide bonds. The molecule has 1 radical (unpaired) electrons. The topological polar surface area (TPSA) is 0 Å². The normalized spacial score (nSPS) is 1.25. The molecule has 4 heteroatoms. The summed E-state index contributed by atoms with van der Waals surface area (Å²) in [6.45, 7) is 0. The Kier molecular flexibility index (Phi) is 76.4. The van der Waals surface area contributed by atoms with Crippen LogP contribution in [0.2, 0.25) is 0 Å². The molecule has 4 heavy (non-hydrogen) atoms. The summed E-state index contributed by atoms with van der Waals surface area (Å²) in [5.74, 6) is 0. The van der Waals surface area contributed by atoms with Crippen molar-refractivity contribution in [1.29, 1.82) is 0 Å². The molecule has 0 bridgehead atoms. The van der Waals surface area contributed by atoms with Gasteiger partial charge in [-0.1, -0.05) is 0 Å². The van der Waals surface area contributed by atoms with Gasteiger partial charge in [0.05, 0.1) is 0 Å². The van der Waals surface area contributed by atoms with Gasteiger partial charge in [0.25, 0.3) is 0 Å². The van der Waals surface area contributed by atoms with Gasteiger partial charge in [0.15, 0.2) is 0 Å². The second-order valence-corrected chi connectivity index (χ2v) is 0. The third-order valence-corrected chi connectivity index (χ3v) is 0. The van der Waals surface area contributed by atoms with E-state index < -0.39 is 0 Å². The molecule has 0 nitrogen and oxygen atoms in total. The Morgan fingerprint density at radius 3 is 1.25 bits per heavy atom. The van der Waals surface area contributed by atoms with Crippen molar-refractivity contribution in [3.05, 3.63) is 0 Å². The van der Waals surface area contributed by atoms with E-state index in [1.807, 2.05) is 0 Å². The van der Waals surface area contributed by atoms with Gasteiger partial charge in [0.2, 0.25) is 0 Å². The summed E-state index contributed by atoms with van der Waals surface area (Å²) >= 11 is 4.96. The summed E-state index contributed by atoms with van der Waals surface area (Å²) in [5, 5.41) is 0. The Labute approximate surface area is 64.5 Å². The van der Waals surface area contributed by atoms with Gasteiger partial charge in [-0.3, -0.25) is 0 Å². The fourth-order valence-corrected chi connectivity index (χ4v) is 0. The molecule has 0 heterocycles. The summed E-state index contributed by atoms with van der Waals surface area (Å²) in [5.41, 5.74) is 0. The van der Waals surface area contributed by atoms with E-state index in [1.54, 1.807) is 17.7 Å². The molecule has 0 N–H and O–H groups in total. The predicted octanol–water partition coefficient (Wildman–Crippen LogP) is -0.0100. The molecule has 0 aromatic carbocycles. The second kappa shape index (κ2) is 18.7. The fraction of sp³-hybridized carbons (Fsp3) is 0. The van der Waals surface area contributed by atoms with Crippen molar-refractivity contribution in [1.82, 2.24) is 0 Å². The van der Waals surface area contributed by atoms with E-state index in [2.05, 4.69) is 13.4 Å². The molecule has 0 aromatic rings. The van der Waals surface area contributed by atoms with E-state index in [-0.39, 0.29) is 34.1 Å². The van der Waals surface area contributed by atoms with Gasteiger partial charge >= 0.3 is 31.1 Å². The molecule has 0 atom stereocenters. The first kappa shape index (κ1) is 16.3. The molecule has 0 spiro atoms. The van der Waals surface area contributed by atoms with Gasteiger partial charge in [0.1, 0.15) is 0 Å². The monoisotopic (exact) mass is 265 g/mol. The quantitative estimate of drug-likeness (QED) is 0.539. The van der Waals surface area contributed by atoms with E-state index in [4.69, 9.17) is 0 Å². The van der Waals surface area contributed by atoms with Crippen LogP contribution in [0.3, 0.4) is 0 Å². The molecule has 0 fully saturated rings. The Morgan fingerprint density at radius 1 is 1.25 bits per heavy atom. The Balaban J connectivity index is -0.00000000500. The molecule has 0 unspecified atom stereocenters. The smallest absolute Gasteiger partial charge is 0 e. The number of hydrogen-bond donors (Lipinski definition) is 0. The van der Waals surface area contributed by atoms with Crippen molar-refractivity contribution < 1.29 is 65.2 Å². The van der Waals surface area contributed by atoms with Gasteiger partial charge in [-0.25, -0.2) is 0 Å². The zero-order chi connectivity index (χ0) is 2.00. The van der Waals surface area contributed by atoms with Crippen molar-refractivity contribution in [2.24, 2.45) is 0 Å². The maximum Gasteiger partial charge on any atom is 0 e. The molecule has 0 aromatic heterocycles. The van der Waals surface area contributed by atoms with Crippen LogP contribution in [0, 0.1) is 0 Å². The van der Waals surface area contributed by atoms with Crippen LogP contribution in [-0.4, -0.2) is 0 Å². The first-order valence-electron chi connectivity index (χ1n) is 0.144. The fourth-order valence-electron chi connectivity index (χ4n) is 0. The maximum atomic E-state index is 3.26. The van der Waals surface area contributed by atoms with E-state index in [1.165, 1.54) is 0 Å². The van der Waals surface area contributed by atoms with Gasteiger partial charge < -0.3 is 0 Å². The van der Waals surface area contributed by atoms with E-state index in [0.29, 0.717) is 0 Å². The van der Waals surface area contributed by atoms with E-state index >= 15 is 0 Å². The minimum atomic E-state index is 0. The van der Waals surface area contributed by atoms with Crippen LogP contribution in [-0.2, 0) is 65.2 Å². The third kappa shape index (κ3) is 8.87. The molecule has 0 rings (SSSR count). The molecule has 29 valence electrons. The van der Waals surface area contributed by atoms with Gasteiger partial charge in [-0.2, -0.15) is 0 Å².